The Morgan fingerprint density at radius 1 is 1.14 bits per heavy atom. The van der Waals surface area contributed by atoms with Crippen molar-refractivity contribution in [2.75, 3.05) is 18.1 Å². The Bertz CT molecular complexity index is 989. The highest BCUT2D eigenvalue weighted by atomic mass is 32.2. The molecule has 0 saturated carbocycles. The van der Waals surface area contributed by atoms with Crippen LogP contribution in [0.25, 0.3) is 6.08 Å². The van der Waals surface area contributed by atoms with E-state index in [0.717, 1.165) is 5.56 Å². The van der Waals surface area contributed by atoms with Crippen molar-refractivity contribution in [3.8, 4) is 11.5 Å². The molecule has 0 unspecified atom stereocenters. The molecule has 1 aliphatic heterocycles. The van der Waals surface area contributed by atoms with Gasteiger partial charge < -0.3 is 9.47 Å². The molecule has 0 aromatic heterocycles. The van der Waals surface area contributed by atoms with Gasteiger partial charge in [-0.15, -0.1) is 0 Å². The van der Waals surface area contributed by atoms with Gasteiger partial charge in [0.1, 0.15) is 11.5 Å². The second-order valence-corrected chi connectivity index (χ2v) is 7.53. The lowest BCUT2D eigenvalue weighted by Gasteiger charge is -2.14. The normalized spacial score (nSPS) is 15.1. The van der Waals surface area contributed by atoms with Crippen molar-refractivity contribution in [2.45, 2.75) is 13.8 Å². The number of ether oxygens (including phenoxy) is 2. The highest BCUT2D eigenvalue weighted by Gasteiger charge is 2.33. The van der Waals surface area contributed by atoms with Crippen molar-refractivity contribution >= 4 is 51.7 Å². The van der Waals surface area contributed by atoms with Crippen molar-refractivity contribution in [2.24, 2.45) is 0 Å². The third-order valence-electron chi connectivity index (χ3n) is 3.99. The number of rotatable bonds is 7. The first-order valence-electron chi connectivity index (χ1n) is 8.86. The fourth-order valence-corrected chi connectivity index (χ4v) is 4.02. The monoisotopic (exact) mass is 430 g/mol. The molecular weight excluding hydrogens is 412 g/mol. The topological polar surface area (TPSA) is 81.9 Å². The molecule has 0 bridgehead atoms. The molecule has 150 valence electrons. The molecule has 3 rings (SSSR count). The van der Waals surface area contributed by atoms with Gasteiger partial charge in [0.2, 0.25) is 0 Å². The molecular formula is C20H18N2O5S2. The summed E-state index contributed by atoms with van der Waals surface area (Å²) in [6.45, 7) is 4.79. The fraction of sp³-hybridized carbons (Fsp3) is 0.200. The van der Waals surface area contributed by atoms with Gasteiger partial charge in [-0.25, -0.2) is 0 Å². The van der Waals surface area contributed by atoms with E-state index in [4.69, 9.17) is 21.7 Å². The second-order valence-electron chi connectivity index (χ2n) is 5.86. The zero-order chi connectivity index (χ0) is 21.0. The number of thioether (sulfide) groups is 1. The fourth-order valence-electron chi connectivity index (χ4n) is 2.73. The van der Waals surface area contributed by atoms with Gasteiger partial charge in [-0.05, 0) is 44.2 Å². The van der Waals surface area contributed by atoms with Crippen LogP contribution in [0.15, 0.2) is 47.4 Å². The Hall–Kier alpha value is -2.91. The quantitative estimate of drug-likeness (QED) is 0.270. The number of nitro groups is 1. The third kappa shape index (κ3) is 4.57. The van der Waals surface area contributed by atoms with Crippen LogP contribution in [0.4, 0.5) is 11.4 Å². The summed E-state index contributed by atoms with van der Waals surface area (Å²) in [5.74, 6) is 1.01. The first-order valence-corrected chi connectivity index (χ1v) is 10.1. The Morgan fingerprint density at radius 3 is 2.45 bits per heavy atom. The van der Waals surface area contributed by atoms with E-state index < -0.39 is 4.92 Å². The Kier molecular flexibility index (Phi) is 6.50. The molecule has 0 radical (unpaired) electrons. The van der Waals surface area contributed by atoms with Crippen molar-refractivity contribution in [1.29, 1.82) is 0 Å². The van der Waals surface area contributed by atoms with E-state index in [1.165, 1.54) is 40.9 Å². The van der Waals surface area contributed by atoms with Crippen molar-refractivity contribution in [1.82, 2.24) is 0 Å². The maximum Gasteiger partial charge on any atom is 0.270 e. The van der Waals surface area contributed by atoms with Crippen LogP contribution >= 0.6 is 24.0 Å². The number of amides is 1. The van der Waals surface area contributed by atoms with E-state index in [-0.39, 0.29) is 11.6 Å². The average molecular weight is 431 g/mol. The van der Waals surface area contributed by atoms with E-state index in [1.807, 2.05) is 26.0 Å². The number of non-ortho nitro benzene ring substituents is 1. The van der Waals surface area contributed by atoms with Gasteiger partial charge in [-0.2, -0.15) is 0 Å². The molecule has 2 aromatic rings. The average Bonchev–Trinajstić information content (AvgIpc) is 2.97. The molecule has 1 heterocycles. The molecule has 0 aliphatic carbocycles. The lowest BCUT2D eigenvalue weighted by Crippen LogP contribution is -2.27. The largest absolute Gasteiger partial charge is 0.494 e. The van der Waals surface area contributed by atoms with E-state index in [2.05, 4.69) is 0 Å². The van der Waals surface area contributed by atoms with E-state index in [0.29, 0.717) is 39.6 Å². The molecule has 0 spiro atoms. The maximum absolute atomic E-state index is 12.9. The van der Waals surface area contributed by atoms with Gasteiger partial charge in [-0.1, -0.05) is 24.0 Å². The van der Waals surface area contributed by atoms with E-state index in [9.17, 15) is 14.9 Å². The minimum absolute atomic E-state index is 0.0505. The smallest absolute Gasteiger partial charge is 0.270 e. The first-order chi connectivity index (χ1) is 13.9. The van der Waals surface area contributed by atoms with Crippen molar-refractivity contribution in [3.63, 3.8) is 0 Å². The Morgan fingerprint density at radius 2 is 1.83 bits per heavy atom. The maximum atomic E-state index is 12.9. The highest BCUT2D eigenvalue weighted by Crippen LogP contribution is 2.38. The zero-order valence-corrected chi connectivity index (χ0v) is 17.4. The Labute approximate surface area is 177 Å². The SMILES string of the molecule is CCOc1ccc(/C=C2/SC(=S)N(c3ccc([N+](=O)[O-])cc3)C2=O)c(OCC)c1. The first kappa shape index (κ1) is 20.8. The lowest BCUT2D eigenvalue weighted by atomic mass is 10.1. The molecule has 0 N–H and O–H groups in total. The highest BCUT2D eigenvalue weighted by molar-refractivity contribution is 8.27. The van der Waals surface area contributed by atoms with Gasteiger partial charge in [0.05, 0.1) is 28.7 Å². The van der Waals surface area contributed by atoms with Crippen molar-refractivity contribution < 1.29 is 19.2 Å². The number of carbonyl (C=O) groups is 1. The van der Waals surface area contributed by atoms with Crippen LogP contribution in [0.1, 0.15) is 19.4 Å². The summed E-state index contributed by atoms with van der Waals surface area (Å²) in [7, 11) is 0. The van der Waals surface area contributed by atoms with Crippen LogP contribution < -0.4 is 14.4 Å². The van der Waals surface area contributed by atoms with Crippen LogP contribution in [-0.4, -0.2) is 28.4 Å². The molecule has 9 heteroatoms. The van der Waals surface area contributed by atoms with Crippen LogP contribution in [0.5, 0.6) is 11.5 Å². The van der Waals surface area contributed by atoms with Crippen LogP contribution in [0, 0.1) is 10.1 Å². The molecule has 1 fully saturated rings. The minimum Gasteiger partial charge on any atom is -0.494 e. The number of hydrogen-bond acceptors (Lipinski definition) is 7. The van der Waals surface area contributed by atoms with Crippen LogP contribution in [0.2, 0.25) is 0 Å². The van der Waals surface area contributed by atoms with Gasteiger partial charge in [-0.3, -0.25) is 19.8 Å². The standard InChI is InChI=1S/C20H18N2O5S2/c1-3-26-16-10-5-13(17(12-16)27-4-2)11-18-19(23)21(20(28)29-18)14-6-8-15(9-7-14)22(24)25/h5-12H,3-4H2,1-2H3/b18-11+. The number of nitro benzene ring substituents is 1. The summed E-state index contributed by atoms with van der Waals surface area (Å²) in [4.78, 5) is 25.1. The van der Waals surface area contributed by atoms with Gasteiger partial charge in [0, 0.05) is 23.8 Å². The third-order valence-corrected chi connectivity index (χ3v) is 5.30. The molecule has 1 saturated heterocycles. The number of thiocarbonyl (C=S) groups is 1. The van der Waals surface area contributed by atoms with Crippen molar-refractivity contribution in [3.05, 3.63) is 63.0 Å². The Balaban J connectivity index is 1.90. The molecule has 1 aliphatic rings. The summed E-state index contributed by atoms with van der Waals surface area (Å²) in [5.41, 5.74) is 1.17. The number of anilines is 1. The van der Waals surface area contributed by atoms with Crippen LogP contribution in [-0.2, 0) is 4.79 Å². The molecule has 0 atom stereocenters. The summed E-state index contributed by atoms with van der Waals surface area (Å²) >= 11 is 6.53. The number of carbonyl (C=O) groups excluding carboxylic acids is 1. The molecule has 29 heavy (non-hydrogen) atoms. The summed E-state index contributed by atoms with van der Waals surface area (Å²) in [5, 5.41) is 10.8. The minimum atomic E-state index is -0.491. The van der Waals surface area contributed by atoms with Gasteiger partial charge >= 0.3 is 0 Å². The zero-order valence-electron chi connectivity index (χ0n) is 15.8. The number of benzene rings is 2. The van der Waals surface area contributed by atoms with E-state index in [1.54, 1.807) is 12.1 Å². The molecule has 7 nitrogen and oxygen atoms in total. The predicted octanol–water partition coefficient (Wildman–Crippen LogP) is 4.80. The molecule has 2 aromatic carbocycles. The summed E-state index contributed by atoms with van der Waals surface area (Å²) in [6, 6.07) is 11.1. The lowest BCUT2D eigenvalue weighted by molar-refractivity contribution is -0.384. The van der Waals surface area contributed by atoms with Gasteiger partial charge in [0.25, 0.3) is 11.6 Å². The summed E-state index contributed by atoms with van der Waals surface area (Å²) < 4.78 is 11.6. The number of hydrogen-bond donors (Lipinski definition) is 0. The molecule has 1 amide bonds. The second kappa shape index (κ2) is 9.06. The van der Waals surface area contributed by atoms with Gasteiger partial charge in [0.15, 0.2) is 4.32 Å². The van der Waals surface area contributed by atoms with Crippen LogP contribution in [0.3, 0.4) is 0 Å². The van der Waals surface area contributed by atoms with E-state index >= 15 is 0 Å². The number of nitrogens with zero attached hydrogens (tertiary/aromatic N) is 2. The summed E-state index contributed by atoms with van der Waals surface area (Å²) in [6.07, 6.45) is 1.73. The predicted molar refractivity (Wildman–Crippen MR) is 118 cm³/mol.